The van der Waals surface area contributed by atoms with E-state index in [4.69, 9.17) is 5.73 Å². The Morgan fingerprint density at radius 1 is 1.41 bits per heavy atom. The highest BCUT2D eigenvalue weighted by Crippen LogP contribution is 2.31. The summed E-state index contributed by atoms with van der Waals surface area (Å²) in [6, 6.07) is 4.63. The summed E-state index contributed by atoms with van der Waals surface area (Å²) in [5, 5.41) is 0. The number of ketones is 1. The Kier molecular flexibility index (Phi) is 3.29. The molecule has 1 aliphatic rings. The van der Waals surface area contributed by atoms with Gasteiger partial charge in [0.05, 0.1) is 0 Å². The molecule has 0 atom stereocenters. The number of halogens is 1. The normalized spacial score (nSPS) is 18.3. The number of carbonyl (C=O) groups excluding carboxylic acids is 1. The summed E-state index contributed by atoms with van der Waals surface area (Å²) < 4.78 is 13.4. The second-order valence-electron chi connectivity index (χ2n) is 5.13. The van der Waals surface area contributed by atoms with Crippen LogP contribution in [0.3, 0.4) is 0 Å². The van der Waals surface area contributed by atoms with E-state index in [9.17, 15) is 9.18 Å². The van der Waals surface area contributed by atoms with Crippen molar-refractivity contribution in [3.63, 3.8) is 0 Å². The van der Waals surface area contributed by atoms with Crippen molar-refractivity contribution in [2.75, 3.05) is 0 Å². The molecule has 17 heavy (non-hydrogen) atoms. The second-order valence-corrected chi connectivity index (χ2v) is 5.13. The summed E-state index contributed by atoms with van der Waals surface area (Å²) in [6.07, 6.45) is 4.30. The maximum absolute atomic E-state index is 13.4. The molecule has 0 saturated heterocycles. The zero-order chi connectivity index (χ0) is 12.5. The smallest absolute Gasteiger partial charge is 0.164 e. The largest absolute Gasteiger partial charge is 0.325 e. The van der Waals surface area contributed by atoms with E-state index in [-0.39, 0.29) is 17.1 Å². The molecule has 0 radical (unpaired) electrons. The fourth-order valence-corrected chi connectivity index (χ4v) is 2.44. The molecule has 0 unspecified atom stereocenters. The van der Waals surface area contributed by atoms with Crippen LogP contribution in [0.2, 0.25) is 0 Å². The highest BCUT2D eigenvalue weighted by atomic mass is 19.1. The van der Waals surface area contributed by atoms with Crippen molar-refractivity contribution >= 4 is 5.78 Å². The summed E-state index contributed by atoms with van der Waals surface area (Å²) in [5.41, 5.74) is 6.78. The number of carbonyl (C=O) groups is 1. The molecule has 1 aromatic carbocycles. The van der Waals surface area contributed by atoms with E-state index >= 15 is 0 Å². The molecule has 1 aromatic rings. The molecule has 0 amide bonds. The highest BCUT2D eigenvalue weighted by Gasteiger charge is 2.31. The number of hydrogen-bond acceptors (Lipinski definition) is 2. The molecule has 0 aliphatic heterocycles. The first-order valence-corrected chi connectivity index (χ1v) is 6.08. The summed E-state index contributed by atoms with van der Waals surface area (Å²) in [7, 11) is 0. The Labute approximate surface area is 101 Å². The lowest BCUT2D eigenvalue weighted by Crippen LogP contribution is -2.38. The predicted molar refractivity (Wildman–Crippen MR) is 65.5 cm³/mol. The molecular weight excluding hydrogens is 217 g/mol. The fraction of sp³-hybridized carbons (Fsp3) is 0.500. The molecule has 1 saturated carbocycles. The summed E-state index contributed by atoms with van der Waals surface area (Å²) in [6.45, 7) is 1.69. The molecule has 1 aliphatic carbocycles. The molecule has 2 nitrogen and oxygen atoms in total. The molecule has 1 fully saturated rings. The van der Waals surface area contributed by atoms with Crippen molar-refractivity contribution in [3.8, 4) is 0 Å². The van der Waals surface area contributed by atoms with Gasteiger partial charge in [-0.05, 0) is 31.4 Å². The molecule has 92 valence electrons. The number of nitrogens with two attached hydrogens (primary N) is 1. The third kappa shape index (κ3) is 2.72. The third-order valence-electron chi connectivity index (χ3n) is 3.61. The highest BCUT2D eigenvalue weighted by molar-refractivity contribution is 5.96. The molecule has 0 spiro atoms. The first-order chi connectivity index (χ1) is 8.00. The number of benzene rings is 1. The Hall–Kier alpha value is -1.22. The van der Waals surface area contributed by atoms with Crippen LogP contribution in [-0.4, -0.2) is 11.3 Å². The van der Waals surface area contributed by atoms with Crippen LogP contribution in [-0.2, 0) is 0 Å². The number of aryl methyl sites for hydroxylation is 1. The fourth-order valence-electron chi connectivity index (χ4n) is 2.44. The van der Waals surface area contributed by atoms with Gasteiger partial charge in [-0.15, -0.1) is 0 Å². The van der Waals surface area contributed by atoms with Crippen LogP contribution >= 0.6 is 0 Å². The SMILES string of the molecule is Cc1ccc(C(=O)CC2(N)CCCC2)cc1F. The molecule has 2 rings (SSSR count). The Balaban J connectivity index is 2.11. The first-order valence-electron chi connectivity index (χ1n) is 6.08. The molecular formula is C14H18FNO. The standard InChI is InChI=1S/C14H18FNO/c1-10-4-5-11(8-12(10)15)13(17)9-14(16)6-2-3-7-14/h4-5,8H,2-3,6-7,9,16H2,1H3. The van der Waals surface area contributed by atoms with Gasteiger partial charge in [-0.25, -0.2) is 4.39 Å². The van der Waals surface area contributed by atoms with Gasteiger partial charge in [0, 0.05) is 17.5 Å². The van der Waals surface area contributed by atoms with Gasteiger partial charge in [-0.1, -0.05) is 25.0 Å². The van der Waals surface area contributed by atoms with Crippen molar-refractivity contribution in [1.82, 2.24) is 0 Å². The average Bonchev–Trinajstić information content (AvgIpc) is 2.69. The first kappa shape index (κ1) is 12.2. The van der Waals surface area contributed by atoms with Crippen LogP contribution in [0, 0.1) is 12.7 Å². The number of hydrogen-bond donors (Lipinski definition) is 1. The average molecular weight is 235 g/mol. The molecule has 0 bridgehead atoms. The Morgan fingerprint density at radius 3 is 2.65 bits per heavy atom. The van der Waals surface area contributed by atoms with Gasteiger partial charge >= 0.3 is 0 Å². The zero-order valence-corrected chi connectivity index (χ0v) is 10.1. The van der Waals surface area contributed by atoms with Crippen molar-refractivity contribution in [3.05, 3.63) is 35.1 Å². The summed E-state index contributed by atoms with van der Waals surface area (Å²) in [5.74, 6) is -0.373. The van der Waals surface area contributed by atoms with Crippen molar-refractivity contribution < 1.29 is 9.18 Å². The third-order valence-corrected chi connectivity index (χ3v) is 3.61. The maximum atomic E-state index is 13.4. The van der Waals surface area contributed by atoms with Gasteiger partial charge in [0.25, 0.3) is 0 Å². The molecule has 0 aromatic heterocycles. The summed E-state index contributed by atoms with van der Waals surface area (Å²) >= 11 is 0. The van der Waals surface area contributed by atoms with Crippen LogP contribution in [0.4, 0.5) is 4.39 Å². The minimum atomic E-state index is -0.363. The van der Waals surface area contributed by atoms with Gasteiger partial charge < -0.3 is 5.73 Å². The van der Waals surface area contributed by atoms with E-state index in [1.807, 2.05) is 0 Å². The zero-order valence-electron chi connectivity index (χ0n) is 10.1. The quantitative estimate of drug-likeness (QED) is 0.818. The van der Waals surface area contributed by atoms with Crippen LogP contribution < -0.4 is 5.73 Å². The van der Waals surface area contributed by atoms with Gasteiger partial charge in [-0.3, -0.25) is 4.79 Å². The minimum absolute atomic E-state index is 0.0479. The Bertz CT molecular complexity index is 436. The number of Topliss-reactive ketones (excluding diaryl/α,β-unsaturated/α-hetero) is 1. The molecule has 3 heteroatoms. The van der Waals surface area contributed by atoms with Crippen LogP contribution in [0.5, 0.6) is 0 Å². The number of rotatable bonds is 3. The maximum Gasteiger partial charge on any atom is 0.164 e. The van der Waals surface area contributed by atoms with Crippen molar-refractivity contribution in [2.45, 2.75) is 44.6 Å². The lowest BCUT2D eigenvalue weighted by Gasteiger charge is -2.22. The molecule has 2 N–H and O–H groups in total. The monoisotopic (exact) mass is 235 g/mol. The van der Waals surface area contributed by atoms with Crippen LogP contribution in [0.1, 0.15) is 48.0 Å². The van der Waals surface area contributed by atoms with Crippen molar-refractivity contribution in [1.29, 1.82) is 0 Å². The Morgan fingerprint density at radius 2 is 2.06 bits per heavy atom. The topological polar surface area (TPSA) is 43.1 Å². The van der Waals surface area contributed by atoms with E-state index in [0.29, 0.717) is 17.5 Å². The van der Waals surface area contributed by atoms with Gasteiger partial charge in [0.2, 0.25) is 0 Å². The van der Waals surface area contributed by atoms with E-state index < -0.39 is 0 Å². The predicted octanol–water partition coefficient (Wildman–Crippen LogP) is 2.98. The van der Waals surface area contributed by atoms with E-state index in [2.05, 4.69) is 0 Å². The van der Waals surface area contributed by atoms with E-state index in [1.54, 1.807) is 19.1 Å². The lowest BCUT2D eigenvalue weighted by atomic mass is 9.90. The minimum Gasteiger partial charge on any atom is -0.325 e. The van der Waals surface area contributed by atoms with Crippen molar-refractivity contribution in [2.24, 2.45) is 5.73 Å². The van der Waals surface area contributed by atoms with Crippen LogP contribution in [0.25, 0.3) is 0 Å². The van der Waals surface area contributed by atoms with E-state index in [1.165, 1.54) is 6.07 Å². The van der Waals surface area contributed by atoms with E-state index in [0.717, 1.165) is 25.7 Å². The molecule has 0 heterocycles. The van der Waals surface area contributed by atoms with Gasteiger partial charge in [-0.2, -0.15) is 0 Å². The second kappa shape index (κ2) is 4.57. The van der Waals surface area contributed by atoms with Gasteiger partial charge in [0.15, 0.2) is 5.78 Å². The lowest BCUT2D eigenvalue weighted by molar-refractivity contribution is 0.0952. The summed E-state index contributed by atoms with van der Waals surface area (Å²) in [4.78, 5) is 12.0. The van der Waals surface area contributed by atoms with Gasteiger partial charge in [0.1, 0.15) is 5.82 Å². The van der Waals surface area contributed by atoms with Crippen LogP contribution in [0.15, 0.2) is 18.2 Å².